The minimum Gasteiger partial charge on any atom is -0.0654 e. The van der Waals surface area contributed by atoms with E-state index >= 15 is 0 Å². The van der Waals surface area contributed by atoms with E-state index in [1.165, 1.54) is 186 Å². The lowest BCUT2D eigenvalue weighted by molar-refractivity contribution is 0.391. The molecule has 0 aromatic heterocycles. The highest BCUT2D eigenvalue weighted by Gasteiger charge is 2.06. The Hall–Kier alpha value is 0. The van der Waals surface area contributed by atoms with Crippen LogP contribution in [0, 0.1) is 11.8 Å². The second kappa shape index (κ2) is 30.2. The molecular weight excluding hydrogens is 420 g/mol. The van der Waals surface area contributed by atoms with Gasteiger partial charge in [0.1, 0.15) is 0 Å². The normalized spacial score (nSPS) is 13.4. The van der Waals surface area contributed by atoms with Crippen LogP contribution in [0.2, 0.25) is 0 Å². The molecule has 0 aliphatic carbocycles. The Labute approximate surface area is 225 Å². The van der Waals surface area contributed by atoms with Crippen molar-refractivity contribution in [1.29, 1.82) is 0 Å². The number of rotatable bonds is 30. The van der Waals surface area contributed by atoms with Crippen molar-refractivity contribution in [2.24, 2.45) is 11.8 Å². The predicted molar refractivity (Wildman–Crippen MR) is 164 cm³/mol. The molecule has 35 heavy (non-hydrogen) atoms. The van der Waals surface area contributed by atoms with Gasteiger partial charge < -0.3 is 0 Å². The highest BCUT2D eigenvalue weighted by molar-refractivity contribution is 4.59. The molecule has 2 atom stereocenters. The van der Waals surface area contributed by atoms with Gasteiger partial charge in [-0.2, -0.15) is 0 Å². The van der Waals surface area contributed by atoms with E-state index in [1.54, 1.807) is 0 Å². The topological polar surface area (TPSA) is 0 Å². The van der Waals surface area contributed by atoms with Gasteiger partial charge in [0.25, 0.3) is 0 Å². The average molecular weight is 493 g/mol. The van der Waals surface area contributed by atoms with E-state index in [0.717, 1.165) is 11.8 Å². The van der Waals surface area contributed by atoms with E-state index in [2.05, 4.69) is 27.7 Å². The van der Waals surface area contributed by atoms with Crippen LogP contribution < -0.4 is 0 Å². The maximum Gasteiger partial charge on any atom is -0.0443 e. The molecule has 0 aliphatic rings. The van der Waals surface area contributed by atoms with Crippen LogP contribution in [0.15, 0.2) is 0 Å². The van der Waals surface area contributed by atoms with E-state index < -0.39 is 0 Å². The van der Waals surface area contributed by atoms with Crippen LogP contribution >= 0.6 is 0 Å². The van der Waals surface area contributed by atoms with Crippen LogP contribution in [0.1, 0.15) is 214 Å². The van der Waals surface area contributed by atoms with Crippen molar-refractivity contribution in [3.63, 3.8) is 0 Å². The largest absolute Gasteiger partial charge is 0.0654 e. The zero-order valence-electron chi connectivity index (χ0n) is 25.7. The van der Waals surface area contributed by atoms with Crippen molar-refractivity contribution >= 4 is 0 Å². The first-order valence-electron chi connectivity index (χ1n) is 17.2. The first-order chi connectivity index (χ1) is 17.2. The van der Waals surface area contributed by atoms with E-state index in [0.29, 0.717) is 0 Å². The second-order valence-electron chi connectivity index (χ2n) is 12.5. The lowest BCUT2D eigenvalue weighted by Gasteiger charge is -2.14. The molecule has 0 saturated carbocycles. The molecule has 0 aliphatic heterocycles. The maximum absolute atomic E-state index is 2.50. The SMILES string of the molecule is CCCCCCCCCCCCCCCCCCCCCC(C)CCCC(C)CCCCCCC. The fourth-order valence-corrected chi connectivity index (χ4v) is 5.77. The van der Waals surface area contributed by atoms with E-state index in [4.69, 9.17) is 0 Å². The zero-order chi connectivity index (χ0) is 25.7. The summed E-state index contributed by atoms with van der Waals surface area (Å²) in [6.07, 6.45) is 42.6. The van der Waals surface area contributed by atoms with Gasteiger partial charge in [0.15, 0.2) is 0 Å². The van der Waals surface area contributed by atoms with Gasteiger partial charge in [-0.15, -0.1) is 0 Å². The van der Waals surface area contributed by atoms with Gasteiger partial charge in [-0.05, 0) is 11.8 Å². The summed E-state index contributed by atoms with van der Waals surface area (Å²) in [5.41, 5.74) is 0. The van der Waals surface area contributed by atoms with Crippen molar-refractivity contribution in [3.05, 3.63) is 0 Å². The Morgan fingerprint density at radius 2 is 0.457 bits per heavy atom. The van der Waals surface area contributed by atoms with Gasteiger partial charge in [-0.1, -0.05) is 214 Å². The third-order valence-corrected chi connectivity index (χ3v) is 8.49. The smallest absolute Gasteiger partial charge is 0.0443 e. The molecular formula is C35H72. The fourth-order valence-electron chi connectivity index (χ4n) is 5.77. The Bertz CT molecular complexity index is 359. The van der Waals surface area contributed by atoms with Crippen LogP contribution in [0.3, 0.4) is 0 Å². The van der Waals surface area contributed by atoms with Crippen molar-refractivity contribution < 1.29 is 0 Å². The molecule has 0 rings (SSSR count). The Balaban J connectivity index is 3.20. The van der Waals surface area contributed by atoms with Crippen molar-refractivity contribution in [3.8, 4) is 0 Å². The van der Waals surface area contributed by atoms with Crippen LogP contribution in [-0.4, -0.2) is 0 Å². The van der Waals surface area contributed by atoms with Crippen LogP contribution in [0.4, 0.5) is 0 Å². The van der Waals surface area contributed by atoms with Crippen LogP contribution in [-0.2, 0) is 0 Å². The van der Waals surface area contributed by atoms with Crippen molar-refractivity contribution in [2.75, 3.05) is 0 Å². The molecule has 0 heteroatoms. The summed E-state index contributed by atoms with van der Waals surface area (Å²) in [6, 6.07) is 0. The molecule has 0 radical (unpaired) electrons. The number of hydrogen-bond donors (Lipinski definition) is 0. The molecule has 0 heterocycles. The summed E-state index contributed by atoms with van der Waals surface area (Å²) in [4.78, 5) is 0. The first kappa shape index (κ1) is 35.0. The molecule has 212 valence electrons. The highest BCUT2D eigenvalue weighted by atomic mass is 14.1. The van der Waals surface area contributed by atoms with Gasteiger partial charge in [0.05, 0.1) is 0 Å². The number of unbranched alkanes of at least 4 members (excludes halogenated alkanes) is 22. The zero-order valence-corrected chi connectivity index (χ0v) is 25.7. The minimum absolute atomic E-state index is 0.956. The molecule has 0 aromatic carbocycles. The summed E-state index contributed by atoms with van der Waals surface area (Å²) in [7, 11) is 0. The third-order valence-electron chi connectivity index (χ3n) is 8.49. The van der Waals surface area contributed by atoms with Crippen molar-refractivity contribution in [2.45, 2.75) is 214 Å². The summed E-state index contributed by atoms with van der Waals surface area (Å²) < 4.78 is 0. The van der Waals surface area contributed by atoms with Gasteiger partial charge in [-0.25, -0.2) is 0 Å². The predicted octanol–water partition coefficient (Wildman–Crippen LogP) is 13.6. The van der Waals surface area contributed by atoms with Gasteiger partial charge in [0.2, 0.25) is 0 Å². The summed E-state index contributed by atoms with van der Waals surface area (Å²) in [5.74, 6) is 1.91. The van der Waals surface area contributed by atoms with Gasteiger partial charge in [0, 0.05) is 0 Å². The van der Waals surface area contributed by atoms with E-state index in [1.807, 2.05) is 0 Å². The quantitative estimate of drug-likeness (QED) is 0.0874. The maximum atomic E-state index is 2.50. The molecule has 0 N–H and O–H groups in total. The summed E-state index contributed by atoms with van der Waals surface area (Å²) in [6.45, 7) is 9.61. The lowest BCUT2D eigenvalue weighted by Crippen LogP contribution is -1.99. The first-order valence-corrected chi connectivity index (χ1v) is 17.2. The number of hydrogen-bond acceptors (Lipinski definition) is 0. The summed E-state index contributed by atoms with van der Waals surface area (Å²) >= 11 is 0. The molecule has 0 spiro atoms. The molecule has 0 amide bonds. The van der Waals surface area contributed by atoms with Crippen LogP contribution in [0.25, 0.3) is 0 Å². The standard InChI is InChI=1S/C35H72/c1-5-7-9-11-12-13-14-15-16-17-18-19-20-21-22-23-24-26-28-31-35(4)33-29-32-34(3)30-27-25-10-8-6-2/h34-35H,5-33H2,1-4H3. The monoisotopic (exact) mass is 493 g/mol. The van der Waals surface area contributed by atoms with Crippen LogP contribution in [0.5, 0.6) is 0 Å². The average Bonchev–Trinajstić information content (AvgIpc) is 2.85. The second-order valence-corrected chi connectivity index (χ2v) is 12.5. The van der Waals surface area contributed by atoms with Gasteiger partial charge >= 0.3 is 0 Å². The minimum atomic E-state index is 0.956. The Morgan fingerprint density at radius 1 is 0.257 bits per heavy atom. The fraction of sp³-hybridized carbons (Fsp3) is 1.00. The molecule has 0 saturated heterocycles. The Kier molecular flexibility index (Phi) is 30.2. The summed E-state index contributed by atoms with van der Waals surface area (Å²) in [5, 5.41) is 0. The molecule has 0 nitrogen and oxygen atoms in total. The highest BCUT2D eigenvalue weighted by Crippen LogP contribution is 2.22. The van der Waals surface area contributed by atoms with E-state index in [9.17, 15) is 0 Å². The third kappa shape index (κ3) is 30.1. The molecule has 0 fully saturated rings. The molecule has 0 bridgehead atoms. The molecule has 0 aromatic rings. The lowest BCUT2D eigenvalue weighted by atomic mass is 9.92. The molecule has 2 unspecified atom stereocenters. The van der Waals surface area contributed by atoms with Gasteiger partial charge in [-0.3, -0.25) is 0 Å². The van der Waals surface area contributed by atoms with Crippen molar-refractivity contribution in [1.82, 2.24) is 0 Å². The van der Waals surface area contributed by atoms with E-state index in [-0.39, 0.29) is 0 Å². The Morgan fingerprint density at radius 3 is 0.714 bits per heavy atom.